The van der Waals surface area contributed by atoms with Crippen molar-refractivity contribution in [3.63, 3.8) is 0 Å². The molecule has 1 unspecified atom stereocenters. The molecule has 96 valence electrons. The van der Waals surface area contributed by atoms with Crippen LogP contribution in [0.1, 0.15) is 25.3 Å². The van der Waals surface area contributed by atoms with E-state index in [1.807, 2.05) is 6.92 Å². The Morgan fingerprint density at radius 2 is 2.22 bits per heavy atom. The average molecular weight is 251 g/mol. The van der Waals surface area contributed by atoms with Crippen molar-refractivity contribution >= 4 is 0 Å². The van der Waals surface area contributed by atoms with E-state index in [0.717, 1.165) is 0 Å². The molecule has 2 N–H and O–H groups in total. The smallest absolute Gasteiger partial charge is 0.247 e. The third kappa shape index (κ3) is 2.33. The molecule has 0 aliphatic carbocycles. The van der Waals surface area contributed by atoms with Crippen molar-refractivity contribution in [3.05, 3.63) is 29.9 Å². The van der Waals surface area contributed by atoms with Crippen molar-refractivity contribution in [1.82, 2.24) is 10.2 Å². The van der Waals surface area contributed by atoms with Crippen LogP contribution in [0.15, 0.2) is 22.6 Å². The topological polar surface area (TPSA) is 74.2 Å². The van der Waals surface area contributed by atoms with Crippen LogP contribution in [0.2, 0.25) is 0 Å². The van der Waals surface area contributed by atoms with Crippen LogP contribution in [0.4, 0.5) is 4.39 Å². The van der Waals surface area contributed by atoms with Gasteiger partial charge < -0.3 is 14.9 Å². The maximum absolute atomic E-state index is 13.5. The summed E-state index contributed by atoms with van der Waals surface area (Å²) in [7, 11) is 1.41. The second kappa shape index (κ2) is 5.14. The monoisotopic (exact) mass is 251 g/mol. The number of aromatic nitrogens is 2. The van der Waals surface area contributed by atoms with Gasteiger partial charge in [-0.15, -0.1) is 10.2 Å². The highest BCUT2D eigenvalue weighted by molar-refractivity contribution is 5.54. The second-order valence-electron chi connectivity index (χ2n) is 3.81. The van der Waals surface area contributed by atoms with Gasteiger partial charge in [-0.2, -0.15) is 0 Å². The number of ether oxygens (including phenoxy) is 1. The van der Waals surface area contributed by atoms with Crippen LogP contribution in [-0.2, 0) is 0 Å². The molecular formula is C12H14FN3O2. The Hall–Kier alpha value is -1.95. The number of hydrogen-bond acceptors (Lipinski definition) is 5. The van der Waals surface area contributed by atoms with E-state index in [9.17, 15) is 4.39 Å². The van der Waals surface area contributed by atoms with Crippen molar-refractivity contribution in [2.75, 3.05) is 7.11 Å². The minimum Gasteiger partial charge on any atom is -0.494 e. The molecule has 0 saturated heterocycles. The van der Waals surface area contributed by atoms with Crippen LogP contribution in [0.25, 0.3) is 11.5 Å². The van der Waals surface area contributed by atoms with Crippen LogP contribution >= 0.6 is 0 Å². The highest BCUT2D eigenvalue weighted by atomic mass is 19.1. The first-order valence-electron chi connectivity index (χ1n) is 5.58. The molecule has 5 nitrogen and oxygen atoms in total. The lowest BCUT2D eigenvalue weighted by Gasteiger charge is -2.02. The van der Waals surface area contributed by atoms with Crippen LogP contribution in [-0.4, -0.2) is 17.3 Å². The Morgan fingerprint density at radius 1 is 1.44 bits per heavy atom. The van der Waals surface area contributed by atoms with Gasteiger partial charge in [0.2, 0.25) is 11.8 Å². The first-order valence-corrected chi connectivity index (χ1v) is 5.58. The standard InChI is InChI=1S/C12H14FN3O2/c1-3-9(14)12-16-15-11(18-12)7-4-5-10(17-2)8(13)6-7/h4-6,9H,3,14H2,1-2H3. The van der Waals surface area contributed by atoms with Crippen LogP contribution in [0, 0.1) is 5.82 Å². The summed E-state index contributed by atoms with van der Waals surface area (Å²) >= 11 is 0. The Labute approximate surface area is 104 Å². The van der Waals surface area contributed by atoms with Crippen molar-refractivity contribution in [2.45, 2.75) is 19.4 Å². The molecule has 1 heterocycles. The summed E-state index contributed by atoms with van der Waals surface area (Å²) in [6.07, 6.45) is 0.693. The van der Waals surface area contributed by atoms with Crippen molar-refractivity contribution in [3.8, 4) is 17.2 Å². The summed E-state index contributed by atoms with van der Waals surface area (Å²) < 4.78 is 23.8. The first-order chi connectivity index (χ1) is 8.65. The minimum atomic E-state index is -0.477. The molecule has 0 radical (unpaired) electrons. The fraction of sp³-hybridized carbons (Fsp3) is 0.333. The zero-order chi connectivity index (χ0) is 13.1. The number of halogens is 1. The van der Waals surface area contributed by atoms with Gasteiger partial charge in [0.25, 0.3) is 0 Å². The molecule has 0 aliphatic rings. The van der Waals surface area contributed by atoms with Crippen LogP contribution in [0.3, 0.4) is 0 Å². The van der Waals surface area contributed by atoms with Gasteiger partial charge in [0.05, 0.1) is 13.2 Å². The molecule has 1 aromatic heterocycles. The third-order valence-corrected chi connectivity index (χ3v) is 2.60. The lowest BCUT2D eigenvalue weighted by molar-refractivity contribution is 0.386. The number of nitrogens with zero attached hydrogens (tertiary/aromatic N) is 2. The maximum atomic E-state index is 13.5. The highest BCUT2D eigenvalue weighted by Gasteiger charge is 2.15. The lowest BCUT2D eigenvalue weighted by atomic mass is 10.2. The van der Waals surface area contributed by atoms with E-state index in [-0.39, 0.29) is 17.7 Å². The summed E-state index contributed by atoms with van der Waals surface area (Å²) in [5, 5.41) is 7.69. The fourth-order valence-corrected chi connectivity index (χ4v) is 1.48. The number of rotatable bonds is 4. The zero-order valence-corrected chi connectivity index (χ0v) is 10.2. The van der Waals surface area contributed by atoms with Gasteiger partial charge in [-0.3, -0.25) is 0 Å². The van der Waals surface area contributed by atoms with Crippen LogP contribution < -0.4 is 10.5 Å². The van der Waals surface area contributed by atoms with E-state index in [1.54, 1.807) is 6.07 Å². The molecule has 0 bridgehead atoms. The summed E-state index contributed by atoms with van der Waals surface area (Å²) in [6.45, 7) is 1.92. The highest BCUT2D eigenvalue weighted by Crippen LogP contribution is 2.25. The number of methoxy groups -OCH3 is 1. The maximum Gasteiger partial charge on any atom is 0.247 e. The number of hydrogen-bond donors (Lipinski definition) is 1. The van der Waals surface area contributed by atoms with Crippen molar-refractivity contribution < 1.29 is 13.5 Å². The molecule has 1 atom stereocenters. The molecule has 0 spiro atoms. The molecule has 18 heavy (non-hydrogen) atoms. The van der Waals surface area contributed by atoms with Gasteiger partial charge in [0.15, 0.2) is 11.6 Å². The molecule has 1 aromatic carbocycles. The van der Waals surface area contributed by atoms with E-state index < -0.39 is 5.82 Å². The summed E-state index contributed by atoms with van der Waals surface area (Å²) in [6, 6.07) is 4.15. The summed E-state index contributed by atoms with van der Waals surface area (Å²) in [5.74, 6) is 0.289. The van der Waals surface area contributed by atoms with E-state index in [0.29, 0.717) is 17.9 Å². The molecule has 2 rings (SSSR count). The van der Waals surface area contributed by atoms with Gasteiger partial charge in [0, 0.05) is 5.56 Å². The SMILES string of the molecule is CCC(N)c1nnc(-c2ccc(OC)c(F)c2)o1. The molecule has 0 saturated carbocycles. The van der Waals surface area contributed by atoms with Crippen molar-refractivity contribution in [1.29, 1.82) is 0 Å². The van der Waals surface area contributed by atoms with E-state index >= 15 is 0 Å². The Balaban J connectivity index is 2.31. The second-order valence-corrected chi connectivity index (χ2v) is 3.81. The summed E-state index contributed by atoms with van der Waals surface area (Å²) in [5.41, 5.74) is 6.27. The zero-order valence-electron chi connectivity index (χ0n) is 10.2. The largest absolute Gasteiger partial charge is 0.494 e. The van der Waals surface area contributed by atoms with Gasteiger partial charge >= 0.3 is 0 Å². The molecule has 2 aromatic rings. The molecular weight excluding hydrogens is 237 g/mol. The van der Waals surface area contributed by atoms with Gasteiger partial charge in [0.1, 0.15) is 0 Å². The number of nitrogens with two attached hydrogens (primary N) is 1. The minimum absolute atomic E-state index is 0.170. The van der Waals surface area contributed by atoms with Gasteiger partial charge in [-0.05, 0) is 24.6 Å². The molecule has 0 fully saturated rings. The van der Waals surface area contributed by atoms with Crippen molar-refractivity contribution in [2.24, 2.45) is 5.73 Å². The predicted molar refractivity (Wildman–Crippen MR) is 63.5 cm³/mol. The average Bonchev–Trinajstić information content (AvgIpc) is 2.87. The fourth-order valence-electron chi connectivity index (χ4n) is 1.48. The van der Waals surface area contributed by atoms with Gasteiger partial charge in [-0.25, -0.2) is 4.39 Å². The van der Waals surface area contributed by atoms with E-state index in [4.69, 9.17) is 14.9 Å². The lowest BCUT2D eigenvalue weighted by Crippen LogP contribution is -2.08. The van der Waals surface area contributed by atoms with E-state index in [2.05, 4.69) is 10.2 Å². The quantitative estimate of drug-likeness (QED) is 0.902. The van der Waals surface area contributed by atoms with Gasteiger partial charge in [-0.1, -0.05) is 6.92 Å². The Bertz CT molecular complexity index is 542. The summed E-state index contributed by atoms with van der Waals surface area (Å²) in [4.78, 5) is 0. The first kappa shape index (κ1) is 12.5. The molecule has 6 heteroatoms. The Kier molecular flexibility index (Phi) is 3.57. The molecule has 0 aliphatic heterocycles. The molecule has 0 amide bonds. The number of benzene rings is 1. The predicted octanol–water partition coefficient (Wildman–Crippen LogP) is 2.29. The Morgan fingerprint density at radius 3 is 2.83 bits per heavy atom. The van der Waals surface area contributed by atoms with Crippen LogP contribution in [0.5, 0.6) is 5.75 Å². The van der Waals surface area contributed by atoms with E-state index in [1.165, 1.54) is 19.2 Å². The normalized spacial score (nSPS) is 12.4. The third-order valence-electron chi connectivity index (χ3n) is 2.60.